The Morgan fingerprint density at radius 1 is 1.23 bits per heavy atom. The number of likely N-dealkylation sites (tertiary alicyclic amines) is 1. The molecule has 2 aliphatic rings. The van der Waals surface area contributed by atoms with Crippen molar-refractivity contribution in [3.8, 4) is 0 Å². The van der Waals surface area contributed by atoms with Gasteiger partial charge in [-0.2, -0.15) is 5.10 Å². The number of hydrogen-bond donors (Lipinski definition) is 0. The van der Waals surface area contributed by atoms with Gasteiger partial charge in [-0.1, -0.05) is 29.3 Å². The molecule has 0 bridgehead atoms. The van der Waals surface area contributed by atoms with E-state index in [-0.39, 0.29) is 18.0 Å². The predicted octanol–water partition coefficient (Wildman–Crippen LogP) is 4.51. The monoisotopic (exact) mass is 390 g/mol. The molecule has 1 aromatic heterocycles. The van der Waals surface area contributed by atoms with Gasteiger partial charge in [0.2, 0.25) is 5.91 Å². The van der Waals surface area contributed by atoms with Crippen LogP contribution >= 0.6 is 23.2 Å². The molecule has 5 nitrogen and oxygen atoms in total. The molecule has 0 aliphatic carbocycles. The third-order valence-electron chi connectivity index (χ3n) is 5.36. The van der Waals surface area contributed by atoms with E-state index in [0.29, 0.717) is 10.0 Å². The van der Waals surface area contributed by atoms with Crippen molar-refractivity contribution < 1.29 is 4.79 Å². The van der Waals surface area contributed by atoms with Gasteiger partial charge in [0.15, 0.2) is 5.82 Å². The first-order valence-electron chi connectivity index (χ1n) is 8.81. The maximum Gasteiger partial charge on any atom is 0.234 e. The summed E-state index contributed by atoms with van der Waals surface area (Å²) in [6.45, 7) is 4.82. The number of carbonyl (C=O) groups is 1. The molecule has 4 rings (SSSR count). The lowest BCUT2D eigenvalue weighted by Crippen LogP contribution is -2.45. The molecular formula is C19H20Cl2N4O. The molecule has 136 valence electrons. The zero-order valence-electron chi connectivity index (χ0n) is 14.7. The molecule has 1 aromatic carbocycles. The zero-order chi connectivity index (χ0) is 18.4. The Morgan fingerprint density at radius 2 is 2.04 bits per heavy atom. The van der Waals surface area contributed by atoms with Crippen LogP contribution in [-0.4, -0.2) is 38.9 Å². The third kappa shape index (κ3) is 2.83. The van der Waals surface area contributed by atoms with Crippen LogP contribution < -0.4 is 0 Å². The Labute approximate surface area is 162 Å². The SMILES string of the molecule is CC1=Nc2ccnn2C(c2ccc(Cl)c(Cl)c2)C1C(=O)N1CCCC1C. The fourth-order valence-electron chi connectivity index (χ4n) is 4.01. The molecule has 2 aliphatic heterocycles. The molecule has 1 amide bonds. The second-order valence-electron chi connectivity index (χ2n) is 7.01. The van der Waals surface area contributed by atoms with E-state index in [0.717, 1.165) is 36.5 Å². The molecule has 1 fully saturated rings. The first-order valence-corrected chi connectivity index (χ1v) is 9.57. The van der Waals surface area contributed by atoms with E-state index >= 15 is 0 Å². The minimum atomic E-state index is -0.403. The highest BCUT2D eigenvalue weighted by molar-refractivity contribution is 6.42. The fraction of sp³-hybridized carbons (Fsp3) is 0.421. The van der Waals surface area contributed by atoms with Gasteiger partial charge in [0.25, 0.3) is 0 Å². The van der Waals surface area contributed by atoms with E-state index in [1.807, 2.05) is 34.7 Å². The van der Waals surface area contributed by atoms with Crippen molar-refractivity contribution in [3.63, 3.8) is 0 Å². The molecule has 7 heteroatoms. The standard InChI is InChI=1S/C19H20Cl2N4O/c1-11-4-3-9-24(11)19(26)17-12(2)23-16-7-8-22-25(16)18(17)13-5-6-14(20)15(21)10-13/h5-8,10-11,17-18H,3-4,9H2,1-2H3. The molecule has 0 N–H and O–H groups in total. The zero-order valence-corrected chi connectivity index (χ0v) is 16.2. The van der Waals surface area contributed by atoms with E-state index < -0.39 is 5.92 Å². The molecule has 3 atom stereocenters. The quantitative estimate of drug-likeness (QED) is 0.756. The molecule has 3 unspecified atom stereocenters. The maximum absolute atomic E-state index is 13.4. The Morgan fingerprint density at radius 3 is 2.73 bits per heavy atom. The van der Waals surface area contributed by atoms with E-state index in [1.165, 1.54) is 0 Å². The molecule has 2 aromatic rings. The number of amides is 1. The van der Waals surface area contributed by atoms with Crippen LogP contribution in [0.3, 0.4) is 0 Å². The van der Waals surface area contributed by atoms with Crippen molar-refractivity contribution in [3.05, 3.63) is 46.1 Å². The molecule has 0 radical (unpaired) electrons. The summed E-state index contributed by atoms with van der Waals surface area (Å²) in [4.78, 5) is 20.0. The molecule has 3 heterocycles. The number of carbonyl (C=O) groups excluding carboxylic acids is 1. The largest absolute Gasteiger partial charge is 0.339 e. The average Bonchev–Trinajstić information content (AvgIpc) is 3.24. The molecule has 0 spiro atoms. The van der Waals surface area contributed by atoms with E-state index in [9.17, 15) is 4.79 Å². The van der Waals surface area contributed by atoms with Gasteiger partial charge in [-0.15, -0.1) is 0 Å². The highest BCUT2D eigenvalue weighted by atomic mass is 35.5. The number of rotatable bonds is 2. The summed E-state index contributed by atoms with van der Waals surface area (Å²) in [7, 11) is 0. The number of fused-ring (bicyclic) bond motifs is 1. The number of aromatic nitrogens is 2. The van der Waals surface area contributed by atoms with Crippen molar-refractivity contribution in [2.24, 2.45) is 10.9 Å². The van der Waals surface area contributed by atoms with Crippen LogP contribution in [0.15, 0.2) is 35.5 Å². The van der Waals surface area contributed by atoms with Crippen molar-refractivity contribution >= 4 is 40.6 Å². The smallest absolute Gasteiger partial charge is 0.234 e. The second kappa shape index (κ2) is 6.71. The van der Waals surface area contributed by atoms with Crippen LogP contribution in [0.5, 0.6) is 0 Å². The normalized spacial score (nSPS) is 25.2. The summed E-state index contributed by atoms with van der Waals surface area (Å²) in [5, 5.41) is 5.41. The van der Waals surface area contributed by atoms with Gasteiger partial charge in [0, 0.05) is 24.4 Å². The summed E-state index contributed by atoms with van der Waals surface area (Å²) < 4.78 is 1.82. The van der Waals surface area contributed by atoms with Crippen LogP contribution in [0.4, 0.5) is 5.82 Å². The number of benzene rings is 1. The Balaban J connectivity index is 1.82. The summed E-state index contributed by atoms with van der Waals surface area (Å²) in [6.07, 6.45) is 3.79. The molecule has 1 saturated heterocycles. The van der Waals surface area contributed by atoms with Crippen molar-refractivity contribution in [2.75, 3.05) is 6.54 Å². The van der Waals surface area contributed by atoms with Crippen molar-refractivity contribution in [2.45, 2.75) is 38.8 Å². The lowest BCUT2D eigenvalue weighted by Gasteiger charge is -2.35. The Bertz CT molecular complexity index is 891. The fourth-order valence-corrected chi connectivity index (χ4v) is 4.32. The van der Waals surface area contributed by atoms with Gasteiger partial charge >= 0.3 is 0 Å². The van der Waals surface area contributed by atoms with Crippen LogP contribution in [0.1, 0.15) is 38.3 Å². The van der Waals surface area contributed by atoms with E-state index in [1.54, 1.807) is 12.3 Å². The summed E-state index contributed by atoms with van der Waals surface area (Å²) in [5.41, 5.74) is 1.71. The Kier molecular flexibility index (Phi) is 4.53. The minimum Gasteiger partial charge on any atom is -0.339 e. The first kappa shape index (κ1) is 17.6. The van der Waals surface area contributed by atoms with Crippen LogP contribution in [0.25, 0.3) is 0 Å². The molecule has 0 saturated carbocycles. The van der Waals surface area contributed by atoms with Crippen LogP contribution in [0, 0.1) is 5.92 Å². The van der Waals surface area contributed by atoms with Gasteiger partial charge in [-0.25, -0.2) is 9.67 Å². The number of nitrogens with zero attached hydrogens (tertiary/aromatic N) is 4. The highest BCUT2D eigenvalue weighted by Gasteiger charge is 2.42. The summed E-state index contributed by atoms with van der Waals surface area (Å²) in [5.74, 6) is 0.450. The lowest BCUT2D eigenvalue weighted by atomic mass is 9.87. The third-order valence-corrected chi connectivity index (χ3v) is 6.10. The number of aliphatic imine (C=N–C) groups is 1. The van der Waals surface area contributed by atoms with Crippen molar-refractivity contribution in [1.82, 2.24) is 14.7 Å². The van der Waals surface area contributed by atoms with Crippen LogP contribution in [0.2, 0.25) is 10.0 Å². The van der Waals surface area contributed by atoms with Gasteiger partial charge < -0.3 is 4.90 Å². The topological polar surface area (TPSA) is 50.5 Å². The maximum atomic E-state index is 13.4. The van der Waals surface area contributed by atoms with Crippen molar-refractivity contribution in [1.29, 1.82) is 0 Å². The minimum absolute atomic E-state index is 0.105. The second-order valence-corrected chi connectivity index (χ2v) is 7.82. The molecular weight excluding hydrogens is 371 g/mol. The number of halogens is 2. The van der Waals surface area contributed by atoms with Gasteiger partial charge in [-0.3, -0.25) is 4.79 Å². The summed E-state index contributed by atoms with van der Waals surface area (Å²) >= 11 is 12.4. The van der Waals surface area contributed by atoms with Crippen LogP contribution in [-0.2, 0) is 4.79 Å². The predicted molar refractivity (Wildman–Crippen MR) is 103 cm³/mol. The summed E-state index contributed by atoms with van der Waals surface area (Å²) in [6, 6.07) is 7.33. The van der Waals surface area contributed by atoms with E-state index in [4.69, 9.17) is 23.2 Å². The lowest BCUT2D eigenvalue weighted by molar-refractivity contribution is -0.134. The van der Waals surface area contributed by atoms with Gasteiger partial charge in [0.1, 0.15) is 5.92 Å². The Hall–Kier alpha value is -1.85. The van der Waals surface area contributed by atoms with E-state index in [2.05, 4.69) is 17.0 Å². The average molecular weight is 391 g/mol. The highest BCUT2D eigenvalue weighted by Crippen LogP contribution is 2.39. The number of hydrogen-bond acceptors (Lipinski definition) is 3. The first-order chi connectivity index (χ1) is 12.5. The van der Waals surface area contributed by atoms with Gasteiger partial charge in [0.05, 0.1) is 22.3 Å². The molecule has 26 heavy (non-hydrogen) atoms. The van der Waals surface area contributed by atoms with Gasteiger partial charge in [-0.05, 0) is 44.4 Å².